The molecular formula is C17H13F4NO3. The molecule has 0 aliphatic heterocycles. The van der Waals surface area contributed by atoms with Gasteiger partial charge in [0.1, 0.15) is 5.82 Å². The Bertz CT molecular complexity index is 793. The van der Waals surface area contributed by atoms with Gasteiger partial charge in [-0.2, -0.15) is 0 Å². The Morgan fingerprint density at radius 1 is 1.00 bits per heavy atom. The molecule has 0 aromatic heterocycles. The minimum Gasteiger partial charge on any atom is -0.452 e. The van der Waals surface area contributed by atoms with E-state index in [0.717, 1.165) is 6.07 Å². The van der Waals surface area contributed by atoms with Gasteiger partial charge in [-0.1, -0.05) is 12.1 Å². The summed E-state index contributed by atoms with van der Waals surface area (Å²) in [7, 11) is 0. The van der Waals surface area contributed by atoms with Crippen LogP contribution in [0.2, 0.25) is 0 Å². The molecule has 25 heavy (non-hydrogen) atoms. The Kier molecular flexibility index (Phi) is 5.74. The maximum Gasteiger partial charge on any atom is 0.311 e. The first-order valence-corrected chi connectivity index (χ1v) is 7.16. The van der Waals surface area contributed by atoms with Crippen LogP contribution in [0.5, 0.6) is 0 Å². The van der Waals surface area contributed by atoms with Crippen molar-refractivity contribution < 1.29 is 31.9 Å². The molecule has 2 aromatic carbocycles. The summed E-state index contributed by atoms with van der Waals surface area (Å²) in [5, 5.41) is 2.01. The van der Waals surface area contributed by atoms with Crippen LogP contribution >= 0.6 is 0 Å². The molecule has 2 rings (SSSR count). The van der Waals surface area contributed by atoms with E-state index in [-0.39, 0.29) is 6.42 Å². The summed E-state index contributed by atoms with van der Waals surface area (Å²) in [4.78, 5) is 23.6. The number of carbonyl (C=O) groups is 2. The van der Waals surface area contributed by atoms with Crippen LogP contribution in [0.15, 0.2) is 36.4 Å². The lowest BCUT2D eigenvalue weighted by Gasteiger charge is -2.14. The third kappa shape index (κ3) is 4.79. The van der Waals surface area contributed by atoms with Crippen molar-refractivity contribution in [2.24, 2.45) is 0 Å². The van der Waals surface area contributed by atoms with E-state index in [4.69, 9.17) is 4.74 Å². The Morgan fingerprint density at radius 3 is 2.28 bits per heavy atom. The largest absolute Gasteiger partial charge is 0.452 e. The van der Waals surface area contributed by atoms with Crippen LogP contribution in [-0.2, 0) is 20.7 Å². The maximum absolute atomic E-state index is 13.5. The van der Waals surface area contributed by atoms with Gasteiger partial charge in [0.05, 0.1) is 12.1 Å². The van der Waals surface area contributed by atoms with Crippen molar-refractivity contribution in [1.82, 2.24) is 0 Å². The second-order valence-corrected chi connectivity index (χ2v) is 5.15. The highest BCUT2D eigenvalue weighted by Gasteiger charge is 2.21. The summed E-state index contributed by atoms with van der Waals surface area (Å²) in [6, 6.07) is 6.61. The molecule has 0 heterocycles. The van der Waals surface area contributed by atoms with Gasteiger partial charge in [-0.25, -0.2) is 17.6 Å². The molecule has 0 aliphatic carbocycles. The van der Waals surface area contributed by atoms with Crippen molar-refractivity contribution in [3.63, 3.8) is 0 Å². The van der Waals surface area contributed by atoms with Crippen LogP contribution in [0.1, 0.15) is 12.5 Å². The number of esters is 1. The summed E-state index contributed by atoms with van der Waals surface area (Å²) in [6.07, 6.45) is -1.50. The van der Waals surface area contributed by atoms with E-state index in [2.05, 4.69) is 0 Å². The lowest BCUT2D eigenvalue weighted by atomic mass is 10.1. The fraction of sp³-hybridized carbons (Fsp3) is 0.176. The van der Waals surface area contributed by atoms with Gasteiger partial charge in [0.25, 0.3) is 5.91 Å². The van der Waals surface area contributed by atoms with E-state index in [0.29, 0.717) is 11.6 Å². The van der Waals surface area contributed by atoms with Gasteiger partial charge < -0.3 is 10.1 Å². The third-order valence-electron chi connectivity index (χ3n) is 3.23. The van der Waals surface area contributed by atoms with Gasteiger partial charge >= 0.3 is 5.97 Å². The van der Waals surface area contributed by atoms with Crippen molar-refractivity contribution in [1.29, 1.82) is 0 Å². The smallest absolute Gasteiger partial charge is 0.311 e. The fourth-order valence-electron chi connectivity index (χ4n) is 1.92. The Balaban J connectivity index is 1.94. The van der Waals surface area contributed by atoms with Gasteiger partial charge in [0.2, 0.25) is 0 Å². The number of hydrogen-bond donors (Lipinski definition) is 1. The minimum absolute atomic E-state index is 0.197. The molecule has 2 aromatic rings. The van der Waals surface area contributed by atoms with Crippen molar-refractivity contribution >= 4 is 17.6 Å². The number of benzene rings is 2. The van der Waals surface area contributed by atoms with Crippen LogP contribution < -0.4 is 5.32 Å². The molecule has 1 amide bonds. The topological polar surface area (TPSA) is 55.4 Å². The molecule has 0 fully saturated rings. The van der Waals surface area contributed by atoms with Crippen molar-refractivity contribution in [2.45, 2.75) is 19.4 Å². The van der Waals surface area contributed by atoms with Gasteiger partial charge in [-0.3, -0.25) is 9.59 Å². The first-order valence-electron chi connectivity index (χ1n) is 7.16. The molecule has 1 atom stereocenters. The molecule has 0 unspecified atom stereocenters. The Morgan fingerprint density at radius 2 is 1.64 bits per heavy atom. The number of rotatable bonds is 5. The summed E-state index contributed by atoms with van der Waals surface area (Å²) >= 11 is 0. The summed E-state index contributed by atoms with van der Waals surface area (Å²) in [5.74, 6) is -6.82. The summed E-state index contributed by atoms with van der Waals surface area (Å²) in [5.41, 5.74) is -0.101. The maximum atomic E-state index is 13.5. The number of ether oxygens (including phenoxy) is 1. The highest BCUT2D eigenvalue weighted by Crippen LogP contribution is 2.20. The molecule has 1 N–H and O–H groups in total. The average Bonchev–Trinajstić information content (AvgIpc) is 2.57. The molecule has 4 nitrogen and oxygen atoms in total. The minimum atomic E-state index is -1.72. The molecule has 0 bridgehead atoms. The zero-order valence-corrected chi connectivity index (χ0v) is 13.0. The third-order valence-corrected chi connectivity index (χ3v) is 3.23. The lowest BCUT2D eigenvalue weighted by Crippen LogP contribution is -2.31. The second kappa shape index (κ2) is 7.78. The fourth-order valence-corrected chi connectivity index (χ4v) is 1.92. The zero-order chi connectivity index (χ0) is 18.6. The number of amides is 1. The highest BCUT2D eigenvalue weighted by molar-refractivity contribution is 5.95. The molecule has 0 aliphatic rings. The van der Waals surface area contributed by atoms with E-state index in [1.54, 1.807) is 0 Å². The summed E-state index contributed by atoms with van der Waals surface area (Å²) < 4.78 is 57.1. The average molecular weight is 355 g/mol. The van der Waals surface area contributed by atoms with E-state index in [1.165, 1.54) is 31.2 Å². The first kappa shape index (κ1) is 18.4. The second-order valence-electron chi connectivity index (χ2n) is 5.15. The van der Waals surface area contributed by atoms with Crippen LogP contribution in [0, 0.1) is 23.3 Å². The van der Waals surface area contributed by atoms with Gasteiger partial charge in [0.15, 0.2) is 23.6 Å². The molecule has 0 radical (unpaired) electrons. The number of carbonyl (C=O) groups excluding carboxylic acids is 2. The van der Waals surface area contributed by atoms with Crippen LogP contribution in [-0.4, -0.2) is 18.0 Å². The molecule has 0 saturated carbocycles. The quantitative estimate of drug-likeness (QED) is 0.508. The lowest BCUT2D eigenvalue weighted by molar-refractivity contribution is -0.152. The normalized spacial score (nSPS) is 11.7. The number of hydrogen-bond acceptors (Lipinski definition) is 3. The van der Waals surface area contributed by atoms with E-state index in [9.17, 15) is 27.2 Å². The van der Waals surface area contributed by atoms with Gasteiger partial charge in [0, 0.05) is 0 Å². The molecule has 0 saturated heterocycles. The molecule has 0 spiro atoms. The monoisotopic (exact) mass is 355 g/mol. The number of anilines is 1. The van der Waals surface area contributed by atoms with Crippen molar-refractivity contribution in [3.05, 3.63) is 65.2 Å². The van der Waals surface area contributed by atoms with Crippen LogP contribution in [0.25, 0.3) is 0 Å². The highest BCUT2D eigenvalue weighted by atomic mass is 19.2. The van der Waals surface area contributed by atoms with Crippen LogP contribution in [0.3, 0.4) is 0 Å². The Labute approximate surface area is 140 Å². The summed E-state index contributed by atoms with van der Waals surface area (Å²) in [6.45, 7) is 1.23. The number of nitrogens with one attached hydrogen (secondary N) is 1. The molecular weight excluding hydrogens is 342 g/mol. The van der Waals surface area contributed by atoms with Gasteiger partial charge in [-0.05, 0) is 36.8 Å². The van der Waals surface area contributed by atoms with Gasteiger partial charge in [-0.15, -0.1) is 0 Å². The molecule has 132 valence electrons. The standard InChI is InChI=1S/C17H13F4NO3/c1-9(25-14(23)8-10-2-4-11(18)5-3-10)17(24)22-13-7-6-12(19)15(20)16(13)21/h2-7,9H,8H2,1H3,(H,22,24)/t9-/m0/s1. The number of halogens is 4. The van der Waals surface area contributed by atoms with E-state index >= 15 is 0 Å². The van der Waals surface area contributed by atoms with E-state index in [1.807, 2.05) is 5.32 Å². The van der Waals surface area contributed by atoms with Crippen molar-refractivity contribution in [2.75, 3.05) is 5.32 Å². The van der Waals surface area contributed by atoms with Crippen LogP contribution in [0.4, 0.5) is 23.2 Å². The zero-order valence-electron chi connectivity index (χ0n) is 13.0. The molecule has 8 heteroatoms. The Hall–Kier alpha value is -2.90. The predicted molar refractivity (Wildman–Crippen MR) is 80.6 cm³/mol. The predicted octanol–water partition coefficient (Wildman–Crippen LogP) is 3.36. The van der Waals surface area contributed by atoms with Crippen molar-refractivity contribution in [3.8, 4) is 0 Å². The van der Waals surface area contributed by atoms with E-state index < -0.39 is 46.9 Å². The first-order chi connectivity index (χ1) is 11.8. The SMILES string of the molecule is C[C@H](OC(=O)Cc1ccc(F)cc1)C(=O)Nc1ccc(F)c(F)c1F.